The molecule has 0 heterocycles. The fourth-order valence-electron chi connectivity index (χ4n) is 5.48. The van der Waals surface area contributed by atoms with Gasteiger partial charge >= 0.3 is 180 Å². The third kappa shape index (κ3) is 3.03. The van der Waals surface area contributed by atoms with Gasteiger partial charge in [-0.1, -0.05) is 0 Å². The van der Waals surface area contributed by atoms with E-state index in [0.29, 0.717) is 0 Å². The molecule has 0 saturated heterocycles. The van der Waals surface area contributed by atoms with E-state index in [2.05, 4.69) is 91.1 Å². The van der Waals surface area contributed by atoms with Crippen LogP contribution in [0.5, 0.6) is 0 Å². The molecule has 28 heavy (non-hydrogen) atoms. The van der Waals surface area contributed by atoms with Crippen LogP contribution in [0, 0.1) is 27.7 Å². The molecular formula is C26H32HfSi. The van der Waals surface area contributed by atoms with Gasteiger partial charge in [0.2, 0.25) is 0 Å². The van der Waals surface area contributed by atoms with Crippen LogP contribution in [-0.4, -0.2) is 5.49 Å². The van der Waals surface area contributed by atoms with Gasteiger partial charge in [0.1, 0.15) is 0 Å². The fraction of sp³-hybridized carbons (Fsp3) is 0.385. The predicted octanol–water partition coefficient (Wildman–Crippen LogP) is 7.41. The van der Waals surface area contributed by atoms with Crippen LogP contribution in [0.3, 0.4) is 0 Å². The fourth-order valence-corrected chi connectivity index (χ4v) is 35.5. The van der Waals surface area contributed by atoms with Crippen LogP contribution in [-0.2, 0) is 20.1 Å². The SMILES string of the molecule is CC1=Cc2c(C)ccc(C)c2[CH]1[Hf]([CH]1C(C)=Cc2c(C)ccc(C)c21)=[Si](C)C. The molecule has 2 heteroatoms. The zero-order valence-corrected chi connectivity index (χ0v) is 23.2. The first-order valence-corrected chi connectivity index (χ1v) is 22.5. The molecule has 2 unspecified atom stereocenters. The number of benzene rings is 2. The molecule has 4 rings (SSSR count). The summed E-state index contributed by atoms with van der Waals surface area (Å²) in [5.74, 6) is 0. The van der Waals surface area contributed by atoms with Gasteiger partial charge in [0.15, 0.2) is 0 Å². The monoisotopic (exact) mass is 552 g/mol. The van der Waals surface area contributed by atoms with E-state index in [0.717, 1.165) is 7.35 Å². The molecule has 0 radical (unpaired) electrons. The Balaban J connectivity index is 1.97. The summed E-state index contributed by atoms with van der Waals surface area (Å²) in [4.78, 5) is 0. The molecule has 0 aromatic heterocycles. The van der Waals surface area contributed by atoms with E-state index in [9.17, 15) is 0 Å². The first kappa shape index (κ1) is 20.3. The topological polar surface area (TPSA) is 0 Å². The number of aryl methyl sites for hydroxylation is 4. The van der Waals surface area contributed by atoms with Gasteiger partial charge in [-0.25, -0.2) is 0 Å². The van der Waals surface area contributed by atoms with Crippen molar-refractivity contribution in [3.8, 4) is 0 Å². The first-order valence-electron chi connectivity index (χ1n) is 10.5. The van der Waals surface area contributed by atoms with Crippen LogP contribution >= 0.6 is 0 Å². The standard InChI is InChI=1S/2C12H13.C2H6Si.Hf/c2*1-8-6-11-9(2)4-5-10(3)12(11)7-8;1-3-2;/h2*4-7H,1-3H3;1-2H3;. The Kier molecular flexibility index (Phi) is 5.33. The third-order valence-electron chi connectivity index (χ3n) is 6.88. The van der Waals surface area contributed by atoms with Crippen molar-refractivity contribution in [1.82, 2.24) is 0 Å². The van der Waals surface area contributed by atoms with Crippen molar-refractivity contribution in [2.24, 2.45) is 0 Å². The van der Waals surface area contributed by atoms with Gasteiger partial charge < -0.3 is 0 Å². The van der Waals surface area contributed by atoms with E-state index < -0.39 is 20.1 Å². The summed E-state index contributed by atoms with van der Waals surface area (Å²) >= 11 is -2.10. The summed E-state index contributed by atoms with van der Waals surface area (Å²) < 4.78 is 1.53. The molecule has 0 amide bonds. The minimum atomic E-state index is -2.10. The molecule has 2 aliphatic carbocycles. The molecule has 2 atom stereocenters. The summed E-state index contributed by atoms with van der Waals surface area (Å²) in [6.07, 6.45) is 5.08. The molecule has 0 bridgehead atoms. The Labute approximate surface area is 178 Å². The molecule has 144 valence electrons. The van der Waals surface area contributed by atoms with Crippen molar-refractivity contribution in [3.63, 3.8) is 0 Å². The Morgan fingerprint density at radius 3 is 1.32 bits per heavy atom. The van der Waals surface area contributed by atoms with Crippen LogP contribution in [0.15, 0.2) is 35.4 Å². The second kappa shape index (κ2) is 7.36. The van der Waals surface area contributed by atoms with E-state index in [1.54, 1.807) is 33.4 Å². The zero-order chi connectivity index (χ0) is 20.3. The van der Waals surface area contributed by atoms with Gasteiger partial charge in [0, 0.05) is 0 Å². The molecule has 0 spiro atoms. The molecule has 0 fully saturated rings. The van der Waals surface area contributed by atoms with Crippen molar-refractivity contribution in [1.29, 1.82) is 0 Å². The van der Waals surface area contributed by atoms with Gasteiger partial charge in [-0.2, -0.15) is 0 Å². The third-order valence-corrected chi connectivity index (χ3v) is 35.0. The Hall–Kier alpha value is -0.993. The van der Waals surface area contributed by atoms with Gasteiger partial charge in [0.25, 0.3) is 0 Å². The molecule has 2 aromatic carbocycles. The van der Waals surface area contributed by atoms with Crippen molar-refractivity contribution in [2.75, 3.05) is 0 Å². The van der Waals surface area contributed by atoms with E-state index in [4.69, 9.17) is 0 Å². The van der Waals surface area contributed by atoms with Crippen molar-refractivity contribution in [2.45, 2.75) is 62.0 Å². The number of allylic oxidation sites excluding steroid dienone is 2. The summed E-state index contributed by atoms with van der Waals surface area (Å²) in [6, 6.07) is 9.38. The second-order valence-corrected chi connectivity index (χ2v) is 34.1. The maximum atomic E-state index is 2.62. The summed E-state index contributed by atoms with van der Waals surface area (Å²) in [5, 5.41) is 0. The average Bonchev–Trinajstić information content (AvgIpc) is 3.15. The second-order valence-electron chi connectivity index (χ2n) is 9.15. The van der Waals surface area contributed by atoms with E-state index in [1.807, 2.05) is 0 Å². The first-order chi connectivity index (χ1) is 13.2. The summed E-state index contributed by atoms with van der Waals surface area (Å²) in [6.45, 7) is 19.4. The summed E-state index contributed by atoms with van der Waals surface area (Å²) in [5.41, 5.74) is 15.5. The molecule has 2 aliphatic rings. The molecule has 0 nitrogen and oxygen atoms in total. The van der Waals surface area contributed by atoms with Crippen LogP contribution in [0.25, 0.3) is 12.2 Å². The van der Waals surface area contributed by atoms with Crippen LogP contribution < -0.4 is 0 Å². The average molecular weight is 551 g/mol. The molecule has 0 saturated carbocycles. The van der Waals surface area contributed by atoms with Gasteiger partial charge in [-0.3, -0.25) is 0 Å². The Bertz CT molecular complexity index is 1010. The number of fused-ring (bicyclic) bond motifs is 2. The minimum absolute atomic E-state index is 0.314. The van der Waals surface area contributed by atoms with Crippen molar-refractivity contribution < 1.29 is 20.1 Å². The van der Waals surface area contributed by atoms with Crippen LogP contribution in [0.4, 0.5) is 0 Å². The van der Waals surface area contributed by atoms with Crippen LogP contribution in [0.2, 0.25) is 13.1 Å². The molecule has 2 aromatic rings. The van der Waals surface area contributed by atoms with Crippen molar-refractivity contribution in [3.05, 3.63) is 79.9 Å². The van der Waals surface area contributed by atoms with Gasteiger partial charge in [-0.15, -0.1) is 0 Å². The molecule has 0 N–H and O–H groups in total. The molecular weight excluding hydrogens is 519 g/mol. The Morgan fingerprint density at radius 2 is 0.964 bits per heavy atom. The quantitative estimate of drug-likeness (QED) is 0.342. The van der Waals surface area contributed by atoms with Gasteiger partial charge in [-0.05, 0) is 0 Å². The van der Waals surface area contributed by atoms with Gasteiger partial charge in [0.05, 0.1) is 0 Å². The predicted molar refractivity (Wildman–Crippen MR) is 122 cm³/mol. The van der Waals surface area contributed by atoms with Crippen molar-refractivity contribution >= 4 is 17.6 Å². The maximum absolute atomic E-state index is 2.62. The Morgan fingerprint density at radius 1 is 0.607 bits per heavy atom. The number of rotatable bonds is 2. The summed E-state index contributed by atoms with van der Waals surface area (Å²) in [7, 11) is 0. The number of hydrogen-bond donors (Lipinski definition) is 0. The zero-order valence-electron chi connectivity index (χ0n) is 18.6. The van der Waals surface area contributed by atoms with E-state index in [1.165, 1.54) is 22.3 Å². The van der Waals surface area contributed by atoms with E-state index >= 15 is 0 Å². The van der Waals surface area contributed by atoms with Crippen LogP contribution in [0.1, 0.15) is 65.7 Å². The number of hydrogen-bond acceptors (Lipinski definition) is 0. The molecule has 0 aliphatic heterocycles. The normalized spacial score (nSPS) is 19.9. The van der Waals surface area contributed by atoms with E-state index in [-0.39, 0.29) is 5.49 Å².